The van der Waals surface area contributed by atoms with Gasteiger partial charge in [-0.1, -0.05) is 43.7 Å². The van der Waals surface area contributed by atoms with Crippen LogP contribution in [-0.2, 0) is 14.8 Å². The van der Waals surface area contributed by atoms with E-state index in [1.807, 2.05) is 0 Å². The quantitative estimate of drug-likeness (QED) is 0.768. The molecule has 1 saturated carbocycles. The monoisotopic (exact) mass is 412 g/mol. The molecule has 1 heterocycles. The molecule has 5 nitrogen and oxygen atoms in total. The van der Waals surface area contributed by atoms with Crippen LogP contribution in [0.15, 0.2) is 29.2 Å². The first-order valence-corrected chi connectivity index (χ1v) is 11.8. The van der Waals surface area contributed by atoms with Gasteiger partial charge in [0, 0.05) is 30.6 Å². The summed E-state index contributed by atoms with van der Waals surface area (Å²) in [5.41, 5.74) is 0. The third kappa shape index (κ3) is 5.69. The number of nitrogens with zero attached hydrogens (tertiary/aromatic N) is 1. The minimum Gasteiger partial charge on any atom is -0.353 e. The summed E-state index contributed by atoms with van der Waals surface area (Å²) < 4.78 is 26.9. The van der Waals surface area contributed by atoms with Crippen molar-refractivity contribution < 1.29 is 13.2 Å². The molecule has 1 amide bonds. The lowest BCUT2D eigenvalue weighted by atomic mass is 9.86. The van der Waals surface area contributed by atoms with Crippen LogP contribution in [-0.4, -0.2) is 37.8 Å². The van der Waals surface area contributed by atoms with Crippen molar-refractivity contribution in [2.75, 3.05) is 13.1 Å². The van der Waals surface area contributed by atoms with E-state index in [-0.39, 0.29) is 16.8 Å². The van der Waals surface area contributed by atoms with Crippen LogP contribution >= 0.6 is 11.6 Å². The van der Waals surface area contributed by atoms with Crippen LogP contribution in [0.25, 0.3) is 0 Å². The molecule has 2 fully saturated rings. The Kier molecular flexibility index (Phi) is 7.17. The Bertz CT molecular complexity index is 722. The molecule has 0 atom stereocenters. The van der Waals surface area contributed by atoms with Gasteiger partial charge >= 0.3 is 0 Å². The third-order valence-corrected chi connectivity index (χ3v) is 7.94. The second kappa shape index (κ2) is 9.39. The third-order valence-electron chi connectivity index (χ3n) is 5.77. The second-order valence-corrected chi connectivity index (χ2v) is 10.1. The number of piperidine rings is 1. The first-order chi connectivity index (χ1) is 12.9. The number of halogens is 1. The highest BCUT2D eigenvalue weighted by molar-refractivity contribution is 7.89. The van der Waals surface area contributed by atoms with Gasteiger partial charge in [-0.25, -0.2) is 8.42 Å². The molecule has 0 aromatic heterocycles. The van der Waals surface area contributed by atoms with Crippen LogP contribution in [0.4, 0.5) is 0 Å². The van der Waals surface area contributed by atoms with Gasteiger partial charge in [-0.05, 0) is 49.4 Å². The minimum absolute atomic E-state index is 0.0699. The maximum absolute atomic E-state index is 12.7. The molecule has 1 aliphatic heterocycles. The van der Waals surface area contributed by atoms with E-state index in [0.717, 1.165) is 6.42 Å². The Labute approximate surface area is 167 Å². The van der Waals surface area contributed by atoms with Crippen LogP contribution in [0.2, 0.25) is 5.02 Å². The van der Waals surface area contributed by atoms with Crippen molar-refractivity contribution >= 4 is 27.5 Å². The highest BCUT2D eigenvalue weighted by atomic mass is 35.5. The van der Waals surface area contributed by atoms with Crippen molar-refractivity contribution in [2.24, 2.45) is 5.92 Å². The van der Waals surface area contributed by atoms with Crippen LogP contribution in [0.1, 0.15) is 57.8 Å². The fraction of sp³-hybridized carbons (Fsp3) is 0.650. The molecule has 0 spiro atoms. The molecular weight excluding hydrogens is 384 g/mol. The highest BCUT2D eigenvalue weighted by Gasteiger charge is 2.30. The van der Waals surface area contributed by atoms with Gasteiger partial charge in [-0.2, -0.15) is 4.31 Å². The van der Waals surface area contributed by atoms with E-state index in [0.29, 0.717) is 43.3 Å². The van der Waals surface area contributed by atoms with E-state index in [4.69, 9.17) is 11.6 Å². The second-order valence-electron chi connectivity index (χ2n) is 7.74. The molecule has 1 aromatic carbocycles. The Morgan fingerprint density at radius 3 is 2.30 bits per heavy atom. The Hall–Kier alpha value is -1.11. The van der Waals surface area contributed by atoms with E-state index in [1.54, 1.807) is 12.1 Å². The molecule has 1 saturated heterocycles. The SMILES string of the molecule is O=C(CCC1CCCCC1)NC1CCN(S(=O)(=O)c2ccc(Cl)cc2)CC1. The molecule has 0 unspecified atom stereocenters. The smallest absolute Gasteiger partial charge is 0.243 e. The van der Waals surface area contributed by atoms with Crippen molar-refractivity contribution in [3.63, 3.8) is 0 Å². The standard InChI is InChI=1S/C20H29ClN2O3S/c21-17-7-9-19(10-8-17)27(25,26)23-14-12-18(13-15-23)22-20(24)11-6-16-4-2-1-3-5-16/h7-10,16,18H,1-6,11-15H2,(H,22,24). The van der Waals surface area contributed by atoms with Crippen LogP contribution < -0.4 is 5.32 Å². The zero-order valence-corrected chi connectivity index (χ0v) is 17.3. The molecule has 2 aliphatic rings. The van der Waals surface area contributed by atoms with Crippen molar-refractivity contribution in [1.29, 1.82) is 0 Å². The first-order valence-electron chi connectivity index (χ1n) is 10.0. The van der Waals surface area contributed by atoms with Crippen molar-refractivity contribution in [3.05, 3.63) is 29.3 Å². The summed E-state index contributed by atoms with van der Waals surface area (Å²) in [6.45, 7) is 0.858. The number of benzene rings is 1. The van der Waals surface area contributed by atoms with E-state index in [2.05, 4.69) is 5.32 Å². The van der Waals surface area contributed by atoms with Gasteiger partial charge in [-0.3, -0.25) is 4.79 Å². The average Bonchev–Trinajstić information content (AvgIpc) is 2.68. The number of sulfonamides is 1. The molecule has 0 bridgehead atoms. The molecule has 1 aromatic rings. The van der Waals surface area contributed by atoms with E-state index < -0.39 is 10.0 Å². The lowest BCUT2D eigenvalue weighted by molar-refractivity contribution is -0.122. The van der Waals surface area contributed by atoms with Gasteiger partial charge in [-0.15, -0.1) is 0 Å². The lowest BCUT2D eigenvalue weighted by Crippen LogP contribution is -2.46. The molecule has 27 heavy (non-hydrogen) atoms. The minimum atomic E-state index is -3.49. The maximum atomic E-state index is 12.7. The Morgan fingerprint density at radius 1 is 1.04 bits per heavy atom. The molecule has 0 radical (unpaired) electrons. The van der Waals surface area contributed by atoms with E-state index in [9.17, 15) is 13.2 Å². The number of hydrogen-bond donors (Lipinski definition) is 1. The predicted molar refractivity (Wildman–Crippen MR) is 107 cm³/mol. The molecular formula is C20H29ClN2O3S. The summed E-state index contributed by atoms with van der Waals surface area (Å²) in [6, 6.07) is 6.33. The van der Waals surface area contributed by atoms with Gasteiger partial charge < -0.3 is 5.32 Å². The number of carbonyl (C=O) groups excluding carboxylic acids is 1. The zero-order chi connectivity index (χ0) is 19.3. The summed E-state index contributed by atoms with van der Waals surface area (Å²) in [6.07, 6.45) is 9.33. The average molecular weight is 413 g/mol. The summed E-state index contributed by atoms with van der Waals surface area (Å²) in [5.74, 6) is 0.815. The predicted octanol–water partition coefficient (Wildman–Crippen LogP) is 3.97. The molecule has 7 heteroatoms. The number of rotatable bonds is 6. The van der Waals surface area contributed by atoms with Crippen molar-refractivity contribution in [1.82, 2.24) is 9.62 Å². The van der Waals surface area contributed by atoms with E-state index in [1.165, 1.54) is 48.5 Å². The largest absolute Gasteiger partial charge is 0.353 e. The fourth-order valence-electron chi connectivity index (χ4n) is 4.11. The molecule has 1 aliphatic carbocycles. The number of carbonyl (C=O) groups is 1. The summed E-state index contributed by atoms with van der Waals surface area (Å²) in [5, 5.41) is 3.62. The Morgan fingerprint density at radius 2 is 1.67 bits per heavy atom. The van der Waals surface area contributed by atoms with Crippen LogP contribution in [0.3, 0.4) is 0 Å². The summed E-state index contributed by atoms with van der Waals surface area (Å²) >= 11 is 5.84. The summed E-state index contributed by atoms with van der Waals surface area (Å²) in [4.78, 5) is 12.5. The Balaban J connectivity index is 1.44. The first kappa shape index (κ1) is 20.6. The molecule has 150 valence electrons. The van der Waals surface area contributed by atoms with Gasteiger partial charge in [0.15, 0.2) is 0 Å². The van der Waals surface area contributed by atoms with E-state index >= 15 is 0 Å². The normalized spacial score (nSPS) is 20.5. The topological polar surface area (TPSA) is 66.5 Å². The molecule has 1 N–H and O–H groups in total. The van der Waals surface area contributed by atoms with Gasteiger partial charge in [0.25, 0.3) is 0 Å². The summed E-state index contributed by atoms with van der Waals surface area (Å²) in [7, 11) is -3.49. The number of nitrogens with one attached hydrogen (secondary N) is 1. The number of amides is 1. The zero-order valence-electron chi connectivity index (χ0n) is 15.7. The highest BCUT2D eigenvalue weighted by Crippen LogP contribution is 2.27. The van der Waals surface area contributed by atoms with Crippen LogP contribution in [0, 0.1) is 5.92 Å². The van der Waals surface area contributed by atoms with Crippen molar-refractivity contribution in [3.8, 4) is 0 Å². The lowest BCUT2D eigenvalue weighted by Gasteiger charge is -2.31. The van der Waals surface area contributed by atoms with Gasteiger partial charge in [0.1, 0.15) is 0 Å². The van der Waals surface area contributed by atoms with Gasteiger partial charge in [0.05, 0.1) is 4.90 Å². The van der Waals surface area contributed by atoms with Gasteiger partial charge in [0.2, 0.25) is 15.9 Å². The maximum Gasteiger partial charge on any atom is 0.243 e. The molecule has 3 rings (SSSR count). The van der Waals surface area contributed by atoms with Crippen LogP contribution in [0.5, 0.6) is 0 Å². The van der Waals surface area contributed by atoms with Crippen molar-refractivity contribution in [2.45, 2.75) is 68.7 Å². The number of hydrogen-bond acceptors (Lipinski definition) is 3. The fourth-order valence-corrected chi connectivity index (χ4v) is 5.70.